The standard InChI is InChI=1S/C19H28N2O4/c1-5-6-11-25-16(22)12-20-19(24)17(13(2)3)21-18(23)15-9-7-14(4)8-10-15/h7-10,13,17H,5-6,11-12H2,1-4H3,(H,20,24)(H,21,23). The van der Waals surface area contributed by atoms with E-state index in [1.54, 1.807) is 12.1 Å². The van der Waals surface area contributed by atoms with E-state index in [0.29, 0.717) is 12.2 Å². The van der Waals surface area contributed by atoms with Crippen LogP contribution in [0.15, 0.2) is 24.3 Å². The maximum Gasteiger partial charge on any atom is 0.325 e. The Morgan fingerprint density at radius 3 is 2.32 bits per heavy atom. The van der Waals surface area contributed by atoms with E-state index in [-0.39, 0.29) is 18.4 Å². The Labute approximate surface area is 149 Å². The molecular weight excluding hydrogens is 320 g/mol. The molecule has 1 unspecified atom stereocenters. The van der Waals surface area contributed by atoms with Gasteiger partial charge in [0.05, 0.1) is 6.61 Å². The Bertz CT molecular complexity index is 582. The number of unbranched alkanes of at least 4 members (excludes halogenated alkanes) is 1. The molecule has 1 atom stereocenters. The second-order valence-corrected chi connectivity index (χ2v) is 6.35. The first-order chi connectivity index (χ1) is 11.8. The molecule has 2 N–H and O–H groups in total. The van der Waals surface area contributed by atoms with Crippen LogP contribution < -0.4 is 10.6 Å². The van der Waals surface area contributed by atoms with E-state index in [2.05, 4.69) is 10.6 Å². The van der Waals surface area contributed by atoms with Crippen LogP contribution in [0.3, 0.4) is 0 Å². The Morgan fingerprint density at radius 1 is 1.12 bits per heavy atom. The maximum absolute atomic E-state index is 12.3. The van der Waals surface area contributed by atoms with Gasteiger partial charge in [-0.3, -0.25) is 14.4 Å². The molecule has 6 heteroatoms. The Morgan fingerprint density at radius 2 is 1.76 bits per heavy atom. The summed E-state index contributed by atoms with van der Waals surface area (Å²) >= 11 is 0. The SMILES string of the molecule is CCCCOC(=O)CNC(=O)C(NC(=O)c1ccc(C)cc1)C(C)C. The lowest BCUT2D eigenvalue weighted by atomic mass is 10.0. The van der Waals surface area contributed by atoms with E-state index in [4.69, 9.17) is 4.74 Å². The Hall–Kier alpha value is -2.37. The molecule has 1 rings (SSSR count). The summed E-state index contributed by atoms with van der Waals surface area (Å²) in [5.41, 5.74) is 1.54. The highest BCUT2D eigenvalue weighted by molar-refractivity contribution is 5.98. The summed E-state index contributed by atoms with van der Waals surface area (Å²) in [6, 6.07) is 6.38. The average Bonchev–Trinajstić information content (AvgIpc) is 2.58. The van der Waals surface area contributed by atoms with Gasteiger partial charge in [-0.2, -0.15) is 0 Å². The number of hydrogen-bond acceptors (Lipinski definition) is 4. The van der Waals surface area contributed by atoms with Crippen LogP contribution in [0.2, 0.25) is 0 Å². The molecule has 0 fully saturated rings. The minimum absolute atomic E-state index is 0.120. The highest BCUT2D eigenvalue weighted by Gasteiger charge is 2.25. The molecular formula is C19H28N2O4. The molecule has 0 aliphatic heterocycles. The van der Waals surface area contributed by atoms with Gasteiger partial charge in [0.15, 0.2) is 0 Å². The monoisotopic (exact) mass is 348 g/mol. The molecule has 1 aromatic rings. The largest absolute Gasteiger partial charge is 0.464 e. The smallest absolute Gasteiger partial charge is 0.325 e. The minimum Gasteiger partial charge on any atom is -0.464 e. The molecule has 0 saturated carbocycles. The van der Waals surface area contributed by atoms with Gasteiger partial charge < -0.3 is 15.4 Å². The number of nitrogens with one attached hydrogen (secondary N) is 2. The van der Waals surface area contributed by atoms with E-state index in [1.807, 2.05) is 39.8 Å². The quantitative estimate of drug-likeness (QED) is 0.529. The van der Waals surface area contributed by atoms with Gasteiger partial charge in [0, 0.05) is 5.56 Å². The fourth-order valence-corrected chi connectivity index (χ4v) is 2.12. The van der Waals surface area contributed by atoms with Crippen molar-refractivity contribution in [2.45, 2.75) is 46.6 Å². The number of amides is 2. The van der Waals surface area contributed by atoms with Crippen molar-refractivity contribution in [3.63, 3.8) is 0 Å². The predicted molar refractivity (Wildman–Crippen MR) is 96.1 cm³/mol. The van der Waals surface area contributed by atoms with E-state index in [1.165, 1.54) is 0 Å². The van der Waals surface area contributed by atoms with Gasteiger partial charge in [-0.05, 0) is 31.4 Å². The molecule has 0 radical (unpaired) electrons. The van der Waals surface area contributed by atoms with Crippen LogP contribution >= 0.6 is 0 Å². The van der Waals surface area contributed by atoms with Crippen LogP contribution in [0.4, 0.5) is 0 Å². The summed E-state index contributed by atoms with van der Waals surface area (Å²) < 4.78 is 4.99. The molecule has 0 heterocycles. The van der Waals surface area contributed by atoms with Crippen molar-refractivity contribution in [2.24, 2.45) is 5.92 Å². The van der Waals surface area contributed by atoms with Gasteiger partial charge >= 0.3 is 5.97 Å². The summed E-state index contributed by atoms with van der Waals surface area (Å²) in [5, 5.41) is 5.25. The third kappa shape index (κ3) is 7.37. The van der Waals surface area contributed by atoms with Crippen LogP contribution in [0, 0.1) is 12.8 Å². The Balaban J connectivity index is 2.57. The van der Waals surface area contributed by atoms with Crippen molar-refractivity contribution in [2.75, 3.05) is 13.2 Å². The molecule has 138 valence electrons. The van der Waals surface area contributed by atoms with Crippen LogP contribution in [0.1, 0.15) is 49.5 Å². The zero-order valence-corrected chi connectivity index (χ0v) is 15.4. The molecule has 0 saturated heterocycles. The molecule has 25 heavy (non-hydrogen) atoms. The van der Waals surface area contributed by atoms with Gasteiger partial charge in [0.2, 0.25) is 5.91 Å². The van der Waals surface area contributed by atoms with E-state index >= 15 is 0 Å². The molecule has 2 amide bonds. The van der Waals surface area contributed by atoms with Crippen molar-refractivity contribution >= 4 is 17.8 Å². The third-order valence-corrected chi connectivity index (χ3v) is 3.72. The minimum atomic E-state index is -0.725. The average molecular weight is 348 g/mol. The normalized spacial score (nSPS) is 11.7. The number of rotatable bonds is 9. The van der Waals surface area contributed by atoms with Crippen LogP contribution in [-0.2, 0) is 14.3 Å². The van der Waals surface area contributed by atoms with Crippen molar-refractivity contribution < 1.29 is 19.1 Å². The van der Waals surface area contributed by atoms with Crippen LogP contribution in [0.5, 0.6) is 0 Å². The van der Waals surface area contributed by atoms with Gasteiger partial charge in [-0.25, -0.2) is 0 Å². The number of carbonyl (C=O) groups excluding carboxylic acids is 3. The Kier molecular flexibility index (Phi) is 8.67. The zero-order chi connectivity index (χ0) is 18.8. The summed E-state index contributed by atoms with van der Waals surface area (Å²) in [6.07, 6.45) is 1.72. The summed E-state index contributed by atoms with van der Waals surface area (Å²) in [4.78, 5) is 36.2. The third-order valence-electron chi connectivity index (χ3n) is 3.72. The van der Waals surface area contributed by atoms with Crippen molar-refractivity contribution in [3.8, 4) is 0 Å². The second-order valence-electron chi connectivity index (χ2n) is 6.35. The van der Waals surface area contributed by atoms with Crippen LogP contribution in [0.25, 0.3) is 0 Å². The molecule has 0 aromatic heterocycles. The van der Waals surface area contributed by atoms with Gasteiger partial charge in [-0.15, -0.1) is 0 Å². The fraction of sp³-hybridized carbons (Fsp3) is 0.526. The predicted octanol–water partition coefficient (Wildman–Crippen LogP) is 2.21. The highest BCUT2D eigenvalue weighted by Crippen LogP contribution is 2.07. The summed E-state index contributed by atoms with van der Waals surface area (Å²) in [5.74, 6) is -1.32. The molecule has 0 spiro atoms. The molecule has 0 aliphatic rings. The van der Waals surface area contributed by atoms with Gasteiger partial charge in [0.1, 0.15) is 12.6 Å². The number of aryl methyl sites for hydroxylation is 1. The zero-order valence-electron chi connectivity index (χ0n) is 15.4. The molecule has 0 bridgehead atoms. The van der Waals surface area contributed by atoms with E-state index in [9.17, 15) is 14.4 Å². The van der Waals surface area contributed by atoms with Gasteiger partial charge in [-0.1, -0.05) is 44.9 Å². The maximum atomic E-state index is 12.3. The lowest BCUT2D eigenvalue weighted by molar-refractivity contribution is -0.144. The lowest BCUT2D eigenvalue weighted by Gasteiger charge is -2.21. The topological polar surface area (TPSA) is 84.5 Å². The van der Waals surface area contributed by atoms with E-state index < -0.39 is 17.9 Å². The number of hydrogen-bond donors (Lipinski definition) is 2. The molecule has 0 aliphatic carbocycles. The molecule has 1 aromatic carbocycles. The number of carbonyl (C=O) groups is 3. The van der Waals surface area contributed by atoms with Crippen molar-refractivity contribution in [1.82, 2.24) is 10.6 Å². The van der Waals surface area contributed by atoms with Crippen molar-refractivity contribution in [3.05, 3.63) is 35.4 Å². The first-order valence-corrected chi connectivity index (χ1v) is 8.66. The molecule has 6 nitrogen and oxygen atoms in total. The lowest BCUT2D eigenvalue weighted by Crippen LogP contribution is -2.50. The van der Waals surface area contributed by atoms with Gasteiger partial charge in [0.25, 0.3) is 5.91 Å². The summed E-state index contributed by atoms with van der Waals surface area (Å²) in [7, 11) is 0. The first kappa shape index (κ1) is 20.7. The van der Waals surface area contributed by atoms with Crippen LogP contribution in [-0.4, -0.2) is 37.0 Å². The first-order valence-electron chi connectivity index (χ1n) is 8.66. The number of ether oxygens (including phenoxy) is 1. The summed E-state index contributed by atoms with van der Waals surface area (Å²) in [6.45, 7) is 7.75. The highest BCUT2D eigenvalue weighted by atomic mass is 16.5. The number of benzene rings is 1. The second kappa shape index (κ2) is 10.5. The van der Waals surface area contributed by atoms with Crippen molar-refractivity contribution in [1.29, 1.82) is 0 Å². The number of esters is 1. The van der Waals surface area contributed by atoms with E-state index in [0.717, 1.165) is 18.4 Å². The fourth-order valence-electron chi connectivity index (χ4n) is 2.12.